The second-order valence-corrected chi connectivity index (χ2v) is 6.27. The van der Waals surface area contributed by atoms with Gasteiger partial charge in [-0.05, 0) is 36.4 Å². The number of nitro groups is 1. The predicted octanol–water partition coefficient (Wildman–Crippen LogP) is 3.00. The van der Waals surface area contributed by atoms with Gasteiger partial charge < -0.3 is 0 Å². The maximum atomic E-state index is 12.8. The molecule has 0 unspecified atom stereocenters. The maximum absolute atomic E-state index is 12.8. The first-order valence-electron chi connectivity index (χ1n) is 9.12. The fourth-order valence-corrected chi connectivity index (χ4v) is 2.83. The number of hydrazone groups is 1. The number of rotatable bonds is 6. The Bertz CT molecular complexity index is 1250. The first kappa shape index (κ1) is 19.6. The Labute approximate surface area is 176 Å². The van der Waals surface area contributed by atoms with E-state index in [-0.39, 0.29) is 16.9 Å². The van der Waals surface area contributed by atoms with Crippen molar-refractivity contribution in [1.82, 2.24) is 25.2 Å². The van der Waals surface area contributed by atoms with Crippen LogP contribution < -0.4 is 5.43 Å². The van der Waals surface area contributed by atoms with E-state index in [9.17, 15) is 14.9 Å². The summed E-state index contributed by atoms with van der Waals surface area (Å²) in [7, 11) is 0. The van der Waals surface area contributed by atoms with Gasteiger partial charge in [0.15, 0.2) is 5.82 Å². The molecule has 0 atom stereocenters. The molecule has 0 fully saturated rings. The van der Waals surface area contributed by atoms with Crippen LogP contribution in [0.25, 0.3) is 17.1 Å². The molecule has 0 aliphatic carbocycles. The van der Waals surface area contributed by atoms with E-state index in [2.05, 4.69) is 25.6 Å². The summed E-state index contributed by atoms with van der Waals surface area (Å²) in [5, 5.41) is 19.5. The number of nitrogens with zero attached hydrogens (tertiary/aromatic N) is 6. The minimum Gasteiger partial charge on any atom is -0.266 e. The van der Waals surface area contributed by atoms with E-state index in [1.54, 1.807) is 61.1 Å². The molecule has 0 aliphatic rings. The fourth-order valence-electron chi connectivity index (χ4n) is 2.83. The Morgan fingerprint density at radius 2 is 1.94 bits per heavy atom. The standard InChI is InChI=1S/C21H15N7O3/c29-21(25-24-14-16-6-1-2-8-18(16)28(30)31)19-12-17(15-7-5-10-22-13-15)26-27(19)20-9-3-4-11-23-20/h1-14H,(H,25,29). The van der Waals surface area contributed by atoms with E-state index < -0.39 is 10.8 Å². The van der Waals surface area contributed by atoms with Gasteiger partial charge in [-0.25, -0.2) is 15.1 Å². The number of hydrogen-bond donors (Lipinski definition) is 1. The lowest BCUT2D eigenvalue weighted by Crippen LogP contribution is -2.21. The Morgan fingerprint density at radius 3 is 2.68 bits per heavy atom. The van der Waals surface area contributed by atoms with Crippen LogP contribution in [0.2, 0.25) is 0 Å². The molecule has 0 radical (unpaired) electrons. The number of carbonyl (C=O) groups is 1. The van der Waals surface area contributed by atoms with Crippen LogP contribution in [-0.4, -0.2) is 36.8 Å². The highest BCUT2D eigenvalue weighted by Crippen LogP contribution is 2.20. The number of hydrogen-bond acceptors (Lipinski definition) is 7. The monoisotopic (exact) mass is 413 g/mol. The second-order valence-electron chi connectivity index (χ2n) is 6.27. The smallest absolute Gasteiger partial charge is 0.266 e. The molecule has 3 heterocycles. The van der Waals surface area contributed by atoms with Gasteiger partial charge in [0.2, 0.25) is 0 Å². The van der Waals surface area contributed by atoms with Gasteiger partial charge in [-0.3, -0.25) is 19.9 Å². The summed E-state index contributed by atoms with van der Waals surface area (Å²) < 4.78 is 1.40. The second kappa shape index (κ2) is 8.74. The molecular weight excluding hydrogens is 398 g/mol. The predicted molar refractivity (Wildman–Crippen MR) is 113 cm³/mol. The number of pyridine rings is 2. The highest BCUT2D eigenvalue weighted by molar-refractivity contribution is 5.95. The molecule has 1 amide bonds. The molecule has 1 N–H and O–H groups in total. The summed E-state index contributed by atoms with van der Waals surface area (Å²) >= 11 is 0. The lowest BCUT2D eigenvalue weighted by Gasteiger charge is -2.04. The van der Waals surface area contributed by atoms with Crippen molar-refractivity contribution in [3.05, 3.63) is 101 Å². The zero-order valence-corrected chi connectivity index (χ0v) is 16.0. The van der Waals surface area contributed by atoms with Crippen LogP contribution in [0.5, 0.6) is 0 Å². The van der Waals surface area contributed by atoms with Gasteiger partial charge in [0, 0.05) is 30.2 Å². The molecule has 0 bridgehead atoms. The van der Waals surface area contributed by atoms with Crippen molar-refractivity contribution in [2.24, 2.45) is 5.10 Å². The number of nitro benzene ring substituents is 1. The zero-order valence-electron chi connectivity index (χ0n) is 16.0. The summed E-state index contributed by atoms with van der Waals surface area (Å²) in [6, 6.07) is 16.5. The summed E-state index contributed by atoms with van der Waals surface area (Å²) in [6.45, 7) is 0. The van der Waals surface area contributed by atoms with E-state index in [0.29, 0.717) is 11.5 Å². The van der Waals surface area contributed by atoms with Crippen LogP contribution in [0.4, 0.5) is 5.69 Å². The summed E-state index contributed by atoms with van der Waals surface area (Å²) in [4.78, 5) is 31.8. The number of aromatic nitrogens is 4. The molecule has 0 saturated heterocycles. The van der Waals surface area contributed by atoms with Crippen LogP contribution in [0.3, 0.4) is 0 Å². The average molecular weight is 413 g/mol. The largest absolute Gasteiger partial charge is 0.290 e. The van der Waals surface area contributed by atoms with E-state index >= 15 is 0 Å². The normalized spacial score (nSPS) is 10.8. The number of carbonyl (C=O) groups excluding carboxylic acids is 1. The van der Waals surface area contributed by atoms with Crippen LogP contribution in [0.1, 0.15) is 16.1 Å². The van der Waals surface area contributed by atoms with E-state index in [1.165, 1.54) is 23.0 Å². The van der Waals surface area contributed by atoms with Gasteiger partial charge in [0.1, 0.15) is 5.69 Å². The summed E-state index contributed by atoms with van der Waals surface area (Å²) in [6.07, 6.45) is 6.10. The number of benzene rings is 1. The van der Waals surface area contributed by atoms with Crippen molar-refractivity contribution < 1.29 is 9.72 Å². The average Bonchev–Trinajstić information content (AvgIpc) is 3.26. The first-order chi connectivity index (χ1) is 15.1. The highest BCUT2D eigenvalue weighted by atomic mass is 16.6. The van der Waals surface area contributed by atoms with Gasteiger partial charge in [-0.15, -0.1) is 0 Å². The summed E-state index contributed by atoms with van der Waals surface area (Å²) in [5.41, 5.74) is 4.00. The van der Waals surface area contributed by atoms with Gasteiger partial charge in [-0.2, -0.15) is 10.2 Å². The molecule has 152 valence electrons. The number of amides is 1. The van der Waals surface area contributed by atoms with Crippen molar-refractivity contribution in [3.63, 3.8) is 0 Å². The van der Waals surface area contributed by atoms with Crippen LogP contribution >= 0.6 is 0 Å². The van der Waals surface area contributed by atoms with Crippen molar-refractivity contribution in [2.45, 2.75) is 0 Å². The zero-order chi connectivity index (χ0) is 21.6. The van der Waals surface area contributed by atoms with Crippen molar-refractivity contribution in [2.75, 3.05) is 0 Å². The van der Waals surface area contributed by atoms with Crippen molar-refractivity contribution in [1.29, 1.82) is 0 Å². The molecule has 10 nitrogen and oxygen atoms in total. The molecule has 4 rings (SSSR count). The third-order valence-corrected chi connectivity index (χ3v) is 4.27. The molecule has 0 spiro atoms. The third-order valence-electron chi connectivity index (χ3n) is 4.27. The molecule has 4 aromatic rings. The minimum atomic E-state index is -0.553. The Balaban J connectivity index is 1.64. The Hall–Kier alpha value is -4.73. The van der Waals surface area contributed by atoms with Crippen molar-refractivity contribution in [3.8, 4) is 17.1 Å². The molecule has 31 heavy (non-hydrogen) atoms. The molecule has 0 aliphatic heterocycles. The van der Waals surface area contributed by atoms with Crippen LogP contribution in [0, 0.1) is 10.1 Å². The molecule has 1 aromatic carbocycles. The minimum absolute atomic E-state index is 0.113. The van der Waals surface area contributed by atoms with E-state index in [4.69, 9.17) is 0 Å². The lowest BCUT2D eigenvalue weighted by atomic mass is 10.2. The fraction of sp³-hybridized carbons (Fsp3) is 0. The SMILES string of the molecule is O=C(NN=Cc1ccccc1[N+](=O)[O-])c1cc(-c2cccnc2)nn1-c1ccccn1. The molecular formula is C21H15N7O3. The lowest BCUT2D eigenvalue weighted by molar-refractivity contribution is -0.385. The van der Waals surface area contributed by atoms with Gasteiger partial charge >= 0.3 is 0 Å². The quantitative estimate of drug-likeness (QED) is 0.294. The highest BCUT2D eigenvalue weighted by Gasteiger charge is 2.18. The van der Waals surface area contributed by atoms with Crippen LogP contribution in [-0.2, 0) is 0 Å². The van der Waals surface area contributed by atoms with Gasteiger partial charge in [0.05, 0.1) is 22.4 Å². The van der Waals surface area contributed by atoms with Crippen LogP contribution in [0.15, 0.2) is 84.4 Å². The summed E-state index contributed by atoms with van der Waals surface area (Å²) in [5.74, 6) is -0.103. The molecule has 10 heteroatoms. The maximum Gasteiger partial charge on any atom is 0.290 e. The number of nitrogens with one attached hydrogen (secondary N) is 1. The molecule has 0 saturated carbocycles. The van der Waals surface area contributed by atoms with E-state index in [0.717, 1.165) is 5.56 Å². The first-order valence-corrected chi connectivity index (χ1v) is 9.12. The van der Waals surface area contributed by atoms with E-state index in [1.807, 2.05) is 6.07 Å². The van der Waals surface area contributed by atoms with Gasteiger partial charge in [-0.1, -0.05) is 18.2 Å². The third kappa shape index (κ3) is 4.32. The Morgan fingerprint density at radius 1 is 1.10 bits per heavy atom. The molecule has 3 aromatic heterocycles. The Kier molecular flexibility index (Phi) is 5.52. The van der Waals surface area contributed by atoms with Gasteiger partial charge in [0.25, 0.3) is 11.6 Å². The van der Waals surface area contributed by atoms with Crippen molar-refractivity contribution >= 4 is 17.8 Å². The number of para-hydroxylation sites is 1. The topological polar surface area (TPSA) is 128 Å².